The number of nitrogens with zero attached hydrogens (tertiary/aromatic N) is 1. The van der Waals surface area contributed by atoms with Gasteiger partial charge in [0.2, 0.25) is 10.0 Å². The van der Waals surface area contributed by atoms with Gasteiger partial charge in [0.05, 0.1) is 11.4 Å². The van der Waals surface area contributed by atoms with Crippen molar-refractivity contribution in [3.63, 3.8) is 0 Å². The molecule has 0 atom stereocenters. The topological polar surface area (TPSA) is 37.4 Å². The van der Waals surface area contributed by atoms with Gasteiger partial charge in [-0.2, -0.15) is 4.31 Å². The van der Waals surface area contributed by atoms with E-state index in [0.29, 0.717) is 11.4 Å². The molecule has 0 radical (unpaired) electrons. The maximum Gasteiger partial charge on any atom is 0.245 e. The minimum absolute atomic E-state index is 0.336. The van der Waals surface area contributed by atoms with E-state index in [4.69, 9.17) is 0 Å². The molecule has 1 aliphatic heterocycles. The summed E-state index contributed by atoms with van der Waals surface area (Å²) >= 11 is 1.51. The molecular formula is C9H13NO2S2. The van der Waals surface area contributed by atoms with Gasteiger partial charge in [0, 0.05) is 10.4 Å². The van der Waals surface area contributed by atoms with E-state index in [9.17, 15) is 8.42 Å². The van der Waals surface area contributed by atoms with E-state index < -0.39 is 10.0 Å². The van der Waals surface area contributed by atoms with Gasteiger partial charge < -0.3 is 0 Å². The number of fused-ring (bicyclic) bond motifs is 1. The van der Waals surface area contributed by atoms with Gasteiger partial charge in [0.25, 0.3) is 0 Å². The second-order valence-corrected chi connectivity index (χ2v) is 7.22. The third-order valence-corrected chi connectivity index (χ3v) is 5.54. The lowest BCUT2D eigenvalue weighted by Gasteiger charge is -2.29. The van der Waals surface area contributed by atoms with Gasteiger partial charge in [-0.15, -0.1) is 11.3 Å². The highest BCUT2D eigenvalue weighted by atomic mass is 32.2. The third kappa shape index (κ3) is 1.31. The van der Waals surface area contributed by atoms with Crippen LogP contribution in [0.4, 0.5) is 0 Å². The highest BCUT2D eigenvalue weighted by Gasteiger charge is 2.41. The molecular weight excluding hydrogens is 218 g/mol. The predicted octanol–water partition coefficient (Wildman–Crippen LogP) is 2.05. The van der Waals surface area contributed by atoms with Gasteiger partial charge in [0.1, 0.15) is 0 Å². The Bertz CT molecular complexity index is 453. The Morgan fingerprint density at radius 2 is 2.07 bits per heavy atom. The van der Waals surface area contributed by atoms with E-state index in [0.717, 1.165) is 4.88 Å². The molecule has 0 saturated carbocycles. The monoisotopic (exact) mass is 231 g/mol. The van der Waals surface area contributed by atoms with Crippen LogP contribution < -0.4 is 0 Å². The molecule has 78 valence electrons. The van der Waals surface area contributed by atoms with Crippen molar-refractivity contribution >= 4 is 21.4 Å². The molecule has 0 unspecified atom stereocenters. The van der Waals surface area contributed by atoms with Crippen molar-refractivity contribution in [2.75, 3.05) is 0 Å². The Labute approximate surface area is 88.4 Å². The maximum absolute atomic E-state index is 12.0. The van der Waals surface area contributed by atoms with Crippen molar-refractivity contribution in [2.45, 2.75) is 37.8 Å². The summed E-state index contributed by atoms with van der Waals surface area (Å²) in [6.07, 6.45) is 0. The Morgan fingerprint density at radius 3 is 2.57 bits per heavy atom. The van der Waals surface area contributed by atoms with E-state index in [1.165, 1.54) is 11.3 Å². The third-order valence-electron chi connectivity index (χ3n) is 2.31. The van der Waals surface area contributed by atoms with E-state index in [1.54, 1.807) is 10.4 Å². The zero-order valence-corrected chi connectivity index (χ0v) is 10.1. The highest BCUT2D eigenvalue weighted by molar-refractivity contribution is 7.89. The molecule has 14 heavy (non-hydrogen) atoms. The van der Waals surface area contributed by atoms with Gasteiger partial charge in [-0.3, -0.25) is 0 Å². The first-order chi connectivity index (χ1) is 6.33. The van der Waals surface area contributed by atoms with Gasteiger partial charge in [-0.05, 0) is 32.2 Å². The minimum atomic E-state index is -3.22. The zero-order valence-electron chi connectivity index (χ0n) is 8.44. The molecule has 0 saturated heterocycles. The number of sulfonamides is 1. The predicted molar refractivity (Wildman–Crippen MR) is 56.8 cm³/mol. The lowest BCUT2D eigenvalue weighted by Crippen LogP contribution is -2.41. The maximum atomic E-state index is 12.0. The van der Waals surface area contributed by atoms with Crippen LogP contribution in [0.25, 0.3) is 0 Å². The number of rotatable bonds is 0. The Hall–Kier alpha value is -0.390. The van der Waals surface area contributed by atoms with Gasteiger partial charge in [-0.1, -0.05) is 0 Å². The average molecular weight is 231 g/mol. The van der Waals surface area contributed by atoms with Gasteiger partial charge in [0.15, 0.2) is 0 Å². The molecule has 1 aromatic heterocycles. The van der Waals surface area contributed by atoms with E-state index in [-0.39, 0.29) is 5.54 Å². The van der Waals surface area contributed by atoms with Crippen molar-refractivity contribution in [2.24, 2.45) is 0 Å². The quantitative estimate of drug-likeness (QED) is 0.685. The molecule has 0 aliphatic carbocycles. The lowest BCUT2D eigenvalue weighted by atomic mass is 10.1. The van der Waals surface area contributed by atoms with Crippen LogP contribution in [0.1, 0.15) is 25.6 Å². The van der Waals surface area contributed by atoms with Crippen LogP contribution in [0.3, 0.4) is 0 Å². The molecule has 2 rings (SSSR count). The van der Waals surface area contributed by atoms with E-state index >= 15 is 0 Å². The summed E-state index contributed by atoms with van der Waals surface area (Å²) in [5.41, 5.74) is -0.336. The molecule has 0 N–H and O–H groups in total. The molecule has 0 amide bonds. The minimum Gasteiger partial charge on any atom is -0.207 e. The van der Waals surface area contributed by atoms with Crippen LogP contribution in [0.15, 0.2) is 16.3 Å². The number of thiophene rings is 1. The Morgan fingerprint density at radius 1 is 1.43 bits per heavy atom. The fraction of sp³-hybridized carbons (Fsp3) is 0.556. The Kier molecular flexibility index (Phi) is 2.03. The van der Waals surface area contributed by atoms with Crippen molar-refractivity contribution in [1.29, 1.82) is 0 Å². The highest BCUT2D eigenvalue weighted by Crippen LogP contribution is 2.38. The first-order valence-corrected chi connectivity index (χ1v) is 6.74. The van der Waals surface area contributed by atoms with E-state index in [2.05, 4.69) is 0 Å². The van der Waals surface area contributed by atoms with Crippen LogP contribution in [-0.2, 0) is 16.6 Å². The summed E-state index contributed by atoms with van der Waals surface area (Å²) in [6.45, 7) is 6.28. The smallest absolute Gasteiger partial charge is 0.207 e. The van der Waals surface area contributed by atoms with Crippen LogP contribution in [0.5, 0.6) is 0 Å². The summed E-state index contributed by atoms with van der Waals surface area (Å²) < 4.78 is 25.6. The van der Waals surface area contributed by atoms with Crippen molar-refractivity contribution < 1.29 is 8.42 Å². The second-order valence-electron chi connectivity index (χ2n) is 4.39. The van der Waals surface area contributed by atoms with Crippen LogP contribution in [0.2, 0.25) is 0 Å². The molecule has 0 spiro atoms. The summed E-state index contributed by atoms with van der Waals surface area (Å²) in [5, 5.41) is 1.84. The molecule has 1 aromatic rings. The standard InChI is InChI=1S/C9H13NO2S2/c1-9(2,3)10-6-7-8(4-5-13-7)14(10,11)12/h4-5H,6H2,1-3H3. The first-order valence-electron chi connectivity index (χ1n) is 4.43. The largest absolute Gasteiger partial charge is 0.245 e. The van der Waals surface area contributed by atoms with E-state index in [1.807, 2.05) is 26.2 Å². The zero-order chi connectivity index (χ0) is 10.6. The summed E-state index contributed by atoms with van der Waals surface area (Å²) in [4.78, 5) is 1.46. The molecule has 0 bridgehead atoms. The average Bonchev–Trinajstić information content (AvgIpc) is 2.51. The fourth-order valence-corrected chi connectivity index (χ4v) is 4.84. The van der Waals surface area contributed by atoms with Crippen molar-refractivity contribution in [3.8, 4) is 0 Å². The van der Waals surface area contributed by atoms with Crippen LogP contribution in [-0.4, -0.2) is 18.3 Å². The summed E-state index contributed by atoms with van der Waals surface area (Å²) in [7, 11) is -3.22. The molecule has 2 heterocycles. The number of hydrogen-bond acceptors (Lipinski definition) is 3. The molecule has 5 heteroatoms. The molecule has 3 nitrogen and oxygen atoms in total. The molecule has 0 fully saturated rings. The summed E-state index contributed by atoms with van der Waals surface area (Å²) in [6, 6.07) is 1.70. The second kappa shape index (κ2) is 2.81. The van der Waals surface area contributed by atoms with Crippen LogP contribution in [0, 0.1) is 0 Å². The van der Waals surface area contributed by atoms with Crippen molar-refractivity contribution in [3.05, 3.63) is 16.3 Å². The SMILES string of the molecule is CC(C)(C)N1Cc2sccc2S1(=O)=O. The van der Waals surface area contributed by atoms with Gasteiger partial charge >= 0.3 is 0 Å². The lowest BCUT2D eigenvalue weighted by molar-refractivity contribution is 0.253. The number of hydrogen-bond donors (Lipinski definition) is 0. The molecule has 1 aliphatic rings. The summed E-state index contributed by atoms with van der Waals surface area (Å²) in [5.74, 6) is 0. The van der Waals surface area contributed by atoms with Gasteiger partial charge in [-0.25, -0.2) is 8.42 Å². The fourth-order valence-electron chi connectivity index (χ4n) is 1.61. The normalized spacial score (nSPS) is 21.1. The molecule has 0 aromatic carbocycles. The van der Waals surface area contributed by atoms with Crippen LogP contribution >= 0.6 is 11.3 Å². The van der Waals surface area contributed by atoms with Crippen molar-refractivity contribution in [1.82, 2.24) is 4.31 Å². The Balaban J connectivity index is 2.54. The first kappa shape index (κ1) is 10.1.